The smallest absolute Gasteiger partial charge is 0.243 e. The number of methoxy groups -OCH3 is 1. The van der Waals surface area contributed by atoms with Crippen molar-refractivity contribution in [2.75, 3.05) is 27.3 Å². The molecule has 0 aliphatic heterocycles. The van der Waals surface area contributed by atoms with Gasteiger partial charge >= 0.3 is 0 Å². The third kappa shape index (κ3) is 4.50. The summed E-state index contributed by atoms with van der Waals surface area (Å²) in [6.45, 7) is 0.552. The van der Waals surface area contributed by atoms with E-state index in [4.69, 9.17) is 4.74 Å². The summed E-state index contributed by atoms with van der Waals surface area (Å²) >= 11 is 3.18. The Morgan fingerprint density at radius 3 is 2.68 bits per heavy atom. The molecule has 0 aromatic heterocycles. The van der Waals surface area contributed by atoms with Crippen LogP contribution in [0, 0.1) is 5.82 Å². The van der Waals surface area contributed by atoms with Gasteiger partial charge in [0.25, 0.3) is 0 Å². The molecule has 0 saturated heterocycles. The SMILES string of the molecule is CNCc1cc(Br)cc(S(=O)(=O)NCCOC)c1F. The van der Waals surface area contributed by atoms with E-state index >= 15 is 0 Å². The maximum Gasteiger partial charge on any atom is 0.243 e. The second kappa shape index (κ2) is 7.30. The summed E-state index contributed by atoms with van der Waals surface area (Å²) < 4.78 is 45.6. The Bertz CT molecular complexity index is 537. The molecule has 0 unspecified atom stereocenters. The van der Waals surface area contributed by atoms with Crippen LogP contribution in [0.1, 0.15) is 5.56 Å². The molecule has 8 heteroatoms. The van der Waals surface area contributed by atoms with E-state index in [9.17, 15) is 12.8 Å². The van der Waals surface area contributed by atoms with Crippen LogP contribution in [-0.2, 0) is 21.3 Å². The van der Waals surface area contributed by atoms with E-state index in [0.29, 0.717) is 4.47 Å². The Hall–Kier alpha value is -0.540. The predicted octanol–water partition coefficient (Wildman–Crippen LogP) is 1.23. The van der Waals surface area contributed by atoms with Gasteiger partial charge in [0, 0.05) is 30.2 Å². The number of nitrogens with one attached hydrogen (secondary N) is 2. The molecule has 0 fully saturated rings. The Morgan fingerprint density at radius 2 is 2.11 bits per heavy atom. The van der Waals surface area contributed by atoms with Crippen molar-refractivity contribution in [1.29, 1.82) is 0 Å². The average Bonchev–Trinajstić information content (AvgIpc) is 2.33. The van der Waals surface area contributed by atoms with Gasteiger partial charge < -0.3 is 10.1 Å². The van der Waals surface area contributed by atoms with Crippen LogP contribution in [0.5, 0.6) is 0 Å². The minimum atomic E-state index is -3.89. The molecular formula is C11H16BrFN2O3S. The second-order valence-electron chi connectivity index (χ2n) is 3.80. The zero-order valence-corrected chi connectivity index (χ0v) is 13.1. The highest BCUT2D eigenvalue weighted by atomic mass is 79.9. The van der Waals surface area contributed by atoms with E-state index in [1.165, 1.54) is 13.2 Å². The summed E-state index contributed by atoms with van der Waals surface area (Å²) in [5, 5.41) is 2.79. The molecule has 0 amide bonds. The lowest BCUT2D eigenvalue weighted by molar-refractivity contribution is 0.204. The molecule has 0 heterocycles. The highest BCUT2D eigenvalue weighted by Crippen LogP contribution is 2.24. The van der Waals surface area contributed by atoms with Crippen LogP contribution < -0.4 is 10.0 Å². The van der Waals surface area contributed by atoms with Crippen molar-refractivity contribution in [2.24, 2.45) is 0 Å². The largest absolute Gasteiger partial charge is 0.383 e. The predicted molar refractivity (Wildman–Crippen MR) is 73.9 cm³/mol. The fourth-order valence-electron chi connectivity index (χ4n) is 1.49. The molecule has 5 nitrogen and oxygen atoms in total. The molecule has 1 rings (SSSR count). The number of rotatable bonds is 7. The molecular weight excluding hydrogens is 339 g/mol. The topological polar surface area (TPSA) is 67.4 Å². The minimum Gasteiger partial charge on any atom is -0.383 e. The lowest BCUT2D eigenvalue weighted by Crippen LogP contribution is -2.28. The molecule has 19 heavy (non-hydrogen) atoms. The summed E-state index contributed by atoms with van der Waals surface area (Å²) in [4.78, 5) is -0.372. The summed E-state index contributed by atoms with van der Waals surface area (Å²) in [5.74, 6) is -0.748. The molecule has 0 aliphatic carbocycles. The number of hydrogen-bond acceptors (Lipinski definition) is 4. The van der Waals surface area contributed by atoms with Crippen LogP contribution >= 0.6 is 15.9 Å². The van der Waals surface area contributed by atoms with Gasteiger partial charge in [-0.3, -0.25) is 0 Å². The molecule has 1 aromatic rings. The van der Waals surface area contributed by atoms with Crippen LogP contribution in [0.3, 0.4) is 0 Å². The Labute approximate surface area is 120 Å². The van der Waals surface area contributed by atoms with Crippen molar-refractivity contribution in [1.82, 2.24) is 10.0 Å². The highest BCUT2D eigenvalue weighted by molar-refractivity contribution is 9.10. The highest BCUT2D eigenvalue weighted by Gasteiger charge is 2.21. The lowest BCUT2D eigenvalue weighted by Gasteiger charge is -2.11. The number of sulfonamides is 1. The van der Waals surface area contributed by atoms with Gasteiger partial charge in [-0.05, 0) is 19.2 Å². The molecule has 2 N–H and O–H groups in total. The summed E-state index contributed by atoms with van der Waals surface area (Å²) in [6.07, 6.45) is 0. The van der Waals surface area contributed by atoms with E-state index in [1.807, 2.05) is 0 Å². The van der Waals surface area contributed by atoms with Gasteiger partial charge in [0.1, 0.15) is 10.7 Å². The van der Waals surface area contributed by atoms with E-state index in [1.54, 1.807) is 13.1 Å². The third-order valence-corrected chi connectivity index (χ3v) is 4.25. The van der Waals surface area contributed by atoms with Gasteiger partial charge in [0.15, 0.2) is 0 Å². The van der Waals surface area contributed by atoms with Crippen molar-refractivity contribution in [3.63, 3.8) is 0 Å². The molecule has 0 aliphatic rings. The normalized spacial score (nSPS) is 11.8. The Morgan fingerprint density at radius 1 is 1.42 bits per heavy atom. The molecule has 0 radical (unpaired) electrons. The lowest BCUT2D eigenvalue weighted by atomic mass is 10.2. The molecule has 0 spiro atoms. The van der Waals surface area contributed by atoms with Crippen molar-refractivity contribution in [3.8, 4) is 0 Å². The molecule has 0 saturated carbocycles. The summed E-state index contributed by atoms with van der Waals surface area (Å²) in [5.41, 5.74) is 0.281. The fraction of sp³-hybridized carbons (Fsp3) is 0.455. The number of benzene rings is 1. The number of halogens is 2. The number of ether oxygens (including phenoxy) is 1. The van der Waals surface area contributed by atoms with Crippen LogP contribution in [-0.4, -0.2) is 35.7 Å². The Kier molecular flexibility index (Phi) is 6.34. The first-order valence-corrected chi connectivity index (χ1v) is 7.81. The van der Waals surface area contributed by atoms with E-state index in [2.05, 4.69) is 26.0 Å². The van der Waals surface area contributed by atoms with Crippen LogP contribution in [0.25, 0.3) is 0 Å². The van der Waals surface area contributed by atoms with Crippen molar-refractivity contribution >= 4 is 26.0 Å². The zero-order valence-electron chi connectivity index (χ0n) is 10.7. The summed E-state index contributed by atoms with van der Waals surface area (Å²) in [6, 6.07) is 2.78. The standard InChI is InChI=1S/C11H16BrFN2O3S/c1-14-7-8-5-9(12)6-10(11(8)13)19(16,17)15-3-4-18-2/h5-6,14-15H,3-4,7H2,1-2H3. The van der Waals surface area contributed by atoms with Crippen LogP contribution in [0.2, 0.25) is 0 Å². The molecule has 0 bridgehead atoms. The maximum atomic E-state index is 14.1. The third-order valence-electron chi connectivity index (χ3n) is 2.33. The monoisotopic (exact) mass is 354 g/mol. The van der Waals surface area contributed by atoms with E-state index in [-0.39, 0.29) is 30.2 Å². The van der Waals surface area contributed by atoms with E-state index < -0.39 is 15.8 Å². The minimum absolute atomic E-state index is 0.0894. The first-order valence-electron chi connectivity index (χ1n) is 5.53. The fourth-order valence-corrected chi connectivity index (χ4v) is 3.30. The van der Waals surface area contributed by atoms with Gasteiger partial charge in [-0.2, -0.15) is 0 Å². The van der Waals surface area contributed by atoms with Gasteiger partial charge in [0.05, 0.1) is 6.61 Å². The van der Waals surface area contributed by atoms with Crippen LogP contribution in [0.15, 0.2) is 21.5 Å². The first-order chi connectivity index (χ1) is 8.92. The molecule has 108 valence electrons. The Balaban J connectivity index is 3.11. The van der Waals surface area contributed by atoms with Crippen molar-refractivity contribution < 1.29 is 17.5 Å². The van der Waals surface area contributed by atoms with Gasteiger partial charge in [-0.15, -0.1) is 0 Å². The van der Waals surface area contributed by atoms with Crippen molar-refractivity contribution in [3.05, 3.63) is 28.0 Å². The van der Waals surface area contributed by atoms with E-state index in [0.717, 1.165) is 0 Å². The van der Waals surface area contributed by atoms with Gasteiger partial charge in [-0.1, -0.05) is 15.9 Å². The molecule has 1 aromatic carbocycles. The quantitative estimate of drug-likeness (QED) is 0.722. The maximum absolute atomic E-state index is 14.1. The number of hydrogen-bond donors (Lipinski definition) is 2. The van der Waals surface area contributed by atoms with Crippen molar-refractivity contribution in [2.45, 2.75) is 11.4 Å². The first kappa shape index (κ1) is 16.5. The van der Waals surface area contributed by atoms with Gasteiger partial charge in [0.2, 0.25) is 10.0 Å². The van der Waals surface area contributed by atoms with Crippen LogP contribution in [0.4, 0.5) is 4.39 Å². The second-order valence-corrected chi connectivity index (χ2v) is 6.45. The molecule has 0 atom stereocenters. The average molecular weight is 355 g/mol. The summed E-state index contributed by atoms with van der Waals surface area (Å²) in [7, 11) is -0.774. The zero-order chi connectivity index (χ0) is 14.5. The van der Waals surface area contributed by atoms with Gasteiger partial charge in [-0.25, -0.2) is 17.5 Å².